The molecule has 4 rings (SSSR count). The van der Waals surface area contributed by atoms with Gasteiger partial charge in [0.2, 0.25) is 5.91 Å². The van der Waals surface area contributed by atoms with Gasteiger partial charge in [-0.05, 0) is 58.9 Å². The summed E-state index contributed by atoms with van der Waals surface area (Å²) in [6, 6.07) is 22.9. The van der Waals surface area contributed by atoms with E-state index in [1.54, 1.807) is 18.2 Å². The summed E-state index contributed by atoms with van der Waals surface area (Å²) < 4.78 is 6.00. The van der Waals surface area contributed by atoms with E-state index < -0.39 is 0 Å². The van der Waals surface area contributed by atoms with Crippen LogP contribution in [-0.4, -0.2) is 24.9 Å². The molecule has 0 radical (unpaired) electrons. The predicted octanol–water partition coefficient (Wildman–Crippen LogP) is 5.76. The fourth-order valence-electron chi connectivity index (χ4n) is 3.83. The number of benzene rings is 3. The monoisotopic (exact) mass is 488 g/mol. The SMILES string of the molecule is CC(C)(C)c1ccc2c(c1)N(CC(=O)NCCc1ccccc1)C(=O)C(=Cc1ccc(Cl)cc1)O2. The summed E-state index contributed by atoms with van der Waals surface area (Å²) >= 11 is 5.99. The van der Waals surface area contributed by atoms with Gasteiger partial charge < -0.3 is 10.1 Å². The molecular weight excluding hydrogens is 460 g/mol. The average Bonchev–Trinajstić information content (AvgIpc) is 2.83. The van der Waals surface area contributed by atoms with Crippen LogP contribution in [0.25, 0.3) is 6.08 Å². The number of halogens is 1. The lowest BCUT2D eigenvalue weighted by Gasteiger charge is -2.32. The third-order valence-corrected chi connectivity index (χ3v) is 6.09. The molecule has 0 spiro atoms. The van der Waals surface area contributed by atoms with Gasteiger partial charge in [0.15, 0.2) is 11.5 Å². The van der Waals surface area contributed by atoms with Crippen molar-refractivity contribution in [1.29, 1.82) is 0 Å². The Morgan fingerprint density at radius 1 is 1.03 bits per heavy atom. The minimum atomic E-state index is -0.364. The zero-order chi connectivity index (χ0) is 25.0. The number of nitrogens with one attached hydrogen (secondary N) is 1. The number of amides is 2. The molecule has 3 aromatic carbocycles. The van der Waals surface area contributed by atoms with Gasteiger partial charge in [0, 0.05) is 11.6 Å². The zero-order valence-electron chi connectivity index (χ0n) is 20.2. The summed E-state index contributed by atoms with van der Waals surface area (Å²) in [5, 5.41) is 3.55. The van der Waals surface area contributed by atoms with Crippen molar-refractivity contribution in [3.05, 3.63) is 100 Å². The maximum atomic E-state index is 13.5. The molecule has 0 bridgehead atoms. The van der Waals surface area contributed by atoms with Crippen LogP contribution in [-0.2, 0) is 21.4 Å². The van der Waals surface area contributed by atoms with Crippen molar-refractivity contribution in [2.24, 2.45) is 0 Å². The fourth-order valence-corrected chi connectivity index (χ4v) is 3.96. The Bertz CT molecular complexity index is 1250. The second-order valence-electron chi connectivity index (χ2n) is 9.57. The van der Waals surface area contributed by atoms with Crippen LogP contribution in [0.1, 0.15) is 37.5 Å². The summed E-state index contributed by atoms with van der Waals surface area (Å²) in [7, 11) is 0. The van der Waals surface area contributed by atoms with Gasteiger partial charge in [-0.15, -0.1) is 0 Å². The zero-order valence-corrected chi connectivity index (χ0v) is 20.9. The first-order valence-corrected chi connectivity index (χ1v) is 12.0. The molecule has 0 saturated carbocycles. The Morgan fingerprint density at radius 2 is 1.74 bits per heavy atom. The van der Waals surface area contributed by atoms with Gasteiger partial charge in [-0.25, -0.2) is 0 Å². The second-order valence-corrected chi connectivity index (χ2v) is 10.0. The molecule has 0 fully saturated rings. The van der Waals surface area contributed by atoms with E-state index >= 15 is 0 Å². The molecule has 1 heterocycles. The van der Waals surface area contributed by atoms with E-state index in [9.17, 15) is 9.59 Å². The third kappa shape index (κ3) is 6.11. The van der Waals surface area contributed by atoms with E-state index in [2.05, 4.69) is 26.1 Å². The first kappa shape index (κ1) is 24.6. The van der Waals surface area contributed by atoms with E-state index in [0.29, 0.717) is 23.0 Å². The van der Waals surface area contributed by atoms with Crippen LogP contribution >= 0.6 is 11.6 Å². The molecule has 1 aliphatic rings. The highest BCUT2D eigenvalue weighted by Crippen LogP contribution is 2.39. The minimum absolute atomic E-state index is 0.102. The van der Waals surface area contributed by atoms with Crippen molar-refractivity contribution in [3.8, 4) is 5.75 Å². The molecular formula is C29H29ClN2O3. The molecule has 3 aromatic rings. The Balaban J connectivity index is 1.59. The van der Waals surface area contributed by atoms with Gasteiger partial charge in [-0.1, -0.05) is 80.9 Å². The van der Waals surface area contributed by atoms with Crippen LogP contribution in [0.5, 0.6) is 5.75 Å². The molecule has 0 aromatic heterocycles. The minimum Gasteiger partial charge on any atom is -0.449 e. The van der Waals surface area contributed by atoms with Gasteiger partial charge >= 0.3 is 0 Å². The van der Waals surface area contributed by atoms with Crippen LogP contribution in [0.3, 0.4) is 0 Å². The lowest BCUT2D eigenvalue weighted by molar-refractivity contribution is -0.123. The standard InChI is InChI=1S/C29H29ClN2O3/c1-29(2,3)22-11-14-25-24(18-22)32(19-27(33)31-16-15-20-7-5-4-6-8-20)28(34)26(35-25)17-21-9-12-23(30)13-10-21/h4-14,17-18H,15-16,19H2,1-3H3,(H,31,33). The Hall–Kier alpha value is -3.57. The van der Waals surface area contributed by atoms with Crippen molar-refractivity contribution in [3.63, 3.8) is 0 Å². The number of carbonyl (C=O) groups excluding carboxylic acids is 2. The van der Waals surface area contributed by atoms with Crippen molar-refractivity contribution < 1.29 is 14.3 Å². The topological polar surface area (TPSA) is 58.6 Å². The average molecular weight is 489 g/mol. The molecule has 0 unspecified atom stereocenters. The van der Waals surface area contributed by atoms with E-state index in [4.69, 9.17) is 16.3 Å². The molecule has 1 aliphatic heterocycles. The van der Waals surface area contributed by atoms with Crippen molar-refractivity contribution in [2.45, 2.75) is 32.6 Å². The lowest BCUT2D eigenvalue weighted by Crippen LogP contribution is -2.44. The highest BCUT2D eigenvalue weighted by molar-refractivity contribution is 6.30. The number of rotatable bonds is 6. The highest BCUT2D eigenvalue weighted by atomic mass is 35.5. The van der Waals surface area contributed by atoms with Gasteiger partial charge in [0.25, 0.3) is 5.91 Å². The Kier molecular flexibility index (Phi) is 7.27. The molecule has 5 nitrogen and oxygen atoms in total. The number of hydrogen-bond donors (Lipinski definition) is 1. The largest absolute Gasteiger partial charge is 0.449 e. The van der Waals surface area contributed by atoms with Crippen molar-refractivity contribution in [2.75, 3.05) is 18.0 Å². The number of fused-ring (bicyclic) bond motifs is 1. The van der Waals surface area contributed by atoms with Gasteiger partial charge in [-0.3, -0.25) is 14.5 Å². The van der Waals surface area contributed by atoms with Gasteiger partial charge in [0.05, 0.1) is 5.69 Å². The van der Waals surface area contributed by atoms with Gasteiger partial charge in [0.1, 0.15) is 6.54 Å². The molecule has 6 heteroatoms. The quantitative estimate of drug-likeness (QED) is 0.448. The van der Waals surface area contributed by atoms with Crippen LogP contribution in [0, 0.1) is 0 Å². The van der Waals surface area contributed by atoms with E-state index in [-0.39, 0.29) is 29.5 Å². The number of anilines is 1. The van der Waals surface area contributed by atoms with E-state index in [1.807, 2.05) is 60.7 Å². The highest BCUT2D eigenvalue weighted by Gasteiger charge is 2.33. The summed E-state index contributed by atoms with van der Waals surface area (Å²) in [6.45, 7) is 6.70. The molecule has 2 amide bonds. The number of nitrogens with zero attached hydrogens (tertiary/aromatic N) is 1. The Labute approximate surface area is 211 Å². The van der Waals surface area contributed by atoms with Crippen molar-refractivity contribution in [1.82, 2.24) is 5.32 Å². The first-order valence-electron chi connectivity index (χ1n) is 11.6. The molecule has 180 valence electrons. The van der Waals surface area contributed by atoms with Crippen LogP contribution in [0.2, 0.25) is 5.02 Å². The summed E-state index contributed by atoms with van der Waals surface area (Å²) in [5.41, 5.74) is 3.44. The third-order valence-electron chi connectivity index (χ3n) is 5.84. The summed E-state index contributed by atoms with van der Waals surface area (Å²) in [5.74, 6) is 0.0983. The Morgan fingerprint density at radius 3 is 2.43 bits per heavy atom. The molecule has 35 heavy (non-hydrogen) atoms. The molecule has 1 N–H and O–H groups in total. The summed E-state index contributed by atoms with van der Waals surface area (Å²) in [6.07, 6.45) is 2.38. The number of carbonyl (C=O) groups is 2. The normalized spacial score (nSPS) is 14.5. The van der Waals surface area contributed by atoms with Crippen molar-refractivity contribution >= 4 is 35.2 Å². The molecule has 0 aliphatic carbocycles. The lowest BCUT2D eigenvalue weighted by atomic mass is 9.86. The van der Waals surface area contributed by atoms with Crippen LogP contribution in [0.4, 0.5) is 5.69 Å². The number of hydrogen-bond acceptors (Lipinski definition) is 3. The smallest absolute Gasteiger partial charge is 0.294 e. The molecule has 0 saturated heterocycles. The maximum Gasteiger partial charge on any atom is 0.294 e. The van der Waals surface area contributed by atoms with Crippen LogP contribution < -0.4 is 15.0 Å². The van der Waals surface area contributed by atoms with E-state index in [1.165, 1.54) is 4.90 Å². The van der Waals surface area contributed by atoms with Gasteiger partial charge in [-0.2, -0.15) is 0 Å². The second kappa shape index (κ2) is 10.4. The number of ether oxygens (including phenoxy) is 1. The predicted molar refractivity (Wildman–Crippen MR) is 141 cm³/mol. The summed E-state index contributed by atoms with van der Waals surface area (Å²) in [4.78, 5) is 27.8. The van der Waals surface area contributed by atoms with Crippen LogP contribution in [0.15, 0.2) is 78.6 Å². The first-order chi connectivity index (χ1) is 16.7. The fraction of sp³-hybridized carbons (Fsp3) is 0.241. The van der Waals surface area contributed by atoms with E-state index in [0.717, 1.165) is 23.1 Å². The molecule has 0 atom stereocenters. The maximum absolute atomic E-state index is 13.5.